The van der Waals surface area contributed by atoms with Crippen molar-refractivity contribution in [3.63, 3.8) is 0 Å². The lowest BCUT2D eigenvalue weighted by Crippen LogP contribution is -2.45. The molecule has 0 spiro atoms. The van der Waals surface area contributed by atoms with Gasteiger partial charge in [0.1, 0.15) is 6.04 Å². The number of amides is 3. The second-order valence-electron chi connectivity index (χ2n) is 7.64. The average molecular weight is 456 g/mol. The van der Waals surface area contributed by atoms with E-state index in [4.69, 9.17) is 4.74 Å². The highest BCUT2D eigenvalue weighted by Gasteiger charge is 2.40. The van der Waals surface area contributed by atoms with Gasteiger partial charge in [-0.3, -0.25) is 24.6 Å². The molecule has 10 nitrogen and oxygen atoms in total. The number of benzene rings is 1. The van der Waals surface area contributed by atoms with Crippen LogP contribution in [-0.2, 0) is 4.79 Å². The molecule has 0 radical (unpaired) electrons. The van der Waals surface area contributed by atoms with Crippen LogP contribution >= 0.6 is 0 Å². The summed E-state index contributed by atoms with van der Waals surface area (Å²) in [6.45, 7) is 3.86. The van der Waals surface area contributed by atoms with Crippen molar-refractivity contribution >= 4 is 29.3 Å². The monoisotopic (exact) mass is 456 g/mol. The lowest BCUT2D eigenvalue weighted by atomic mass is 10.1. The lowest BCUT2D eigenvalue weighted by Gasteiger charge is -2.20. The van der Waals surface area contributed by atoms with Gasteiger partial charge in [0.15, 0.2) is 5.65 Å². The number of pyridine rings is 2. The normalized spacial score (nSPS) is 13.8. The highest BCUT2D eigenvalue weighted by molar-refractivity contribution is 6.23. The summed E-state index contributed by atoms with van der Waals surface area (Å²) < 4.78 is 7.13. The molecule has 1 aliphatic heterocycles. The summed E-state index contributed by atoms with van der Waals surface area (Å²) in [5.41, 5.74) is 2.69. The van der Waals surface area contributed by atoms with Crippen LogP contribution in [0.5, 0.6) is 5.88 Å². The van der Waals surface area contributed by atoms with E-state index in [-0.39, 0.29) is 17.1 Å². The maximum atomic E-state index is 12.9. The fourth-order valence-corrected chi connectivity index (χ4v) is 3.85. The zero-order chi connectivity index (χ0) is 23.8. The zero-order valence-electron chi connectivity index (χ0n) is 18.4. The predicted molar refractivity (Wildman–Crippen MR) is 122 cm³/mol. The maximum Gasteiger partial charge on any atom is 0.262 e. The molecule has 1 aliphatic rings. The Morgan fingerprint density at radius 3 is 2.44 bits per heavy atom. The summed E-state index contributed by atoms with van der Waals surface area (Å²) in [6, 6.07) is 12.8. The van der Waals surface area contributed by atoms with E-state index in [1.54, 1.807) is 42.7 Å². The third kappa shape index (κ3) is 3.54. The number of anilines is 1. The zero-order valence-corrected chi connectivity index (χ0v) is 18.4. The maximum absolute atomic E-state index is 12.9. The summed E-state index contributed by atoms with van der Waals surface area (Å²) >= 11 is 0. The van der Waals surface area contributed by atoms with Crippen LogP contribution in [0.15, 0.2) is 60.9 Å². The fourth-order valence-electron chi connectivity index (χ4n) is 3.85. The van der Waals surface area contributed by atoms with Gasteiger partial charge in [0, 0.05) is 23.5 Å². The van der Waals surface area contributed by atoms with E-state index in [2.05, 4.69) is 20.4 Å². The van der Waals surface area contributed by atoms with Gasteiger partial charge in [-0.25, -0.2) is 9.50 Å². The Labute approximate surface area is 194 Å². The molecule has 0 unspecified atom stereocenters. The molecular formula is C24H20N6O4. The number of nitrogens with one attached hydrogen (secondary N) is 1. The number of hydrogen-bond donors (Lipinski definition) is 1. The number of aromatic nitrogens is 4. The van der Waals surface area contributed by atoms with Gasteiger partial charge in [-0.2, -0.15) is 4.98 Å². The number of fused-ring (bicyclic) bond motifs is 2. The first-order valence-corrected chi connectivity index (χ1v) is 10.7. The van der Waals surface area contributed by atoms with Crippen LogP contribution in [0.3, 0.4) is 0 Å². The van der Waals surface area contributed by atoms with E-state index in [1.807, 2.05) is 25.1 Å². The van der Waals surface area contributed by atoms with E-state index >= 15 is 0 Å². The van der Waals surface area contributed by atoms with Crippen LogP contribution in [0.1, 0.15) is 34.6 Å². The standard InChI is InChI=1S/C24H20N6O4/c1-3-34-21-16(9-6-12-25-21)15-10-11-19-26-24(28-29(19)13-15)27-20(31)14(2)30-22(32)17-7-4-5-8-18(17)23(30)33/h4-14H,3H2,1-2H3,(H,27,28,31)/t14-/m1/s1. The van der Waals surface area contributed by atoms with Gasteiger partial charge in [-0.05, 0) is 50.2 Å². The summed E-state index contributed by atoms with van der Waals surface area (Å²) in [7, 11) is 0. The number of hydrogen-bond acceptors (Lipinski definition) is 7. The molecule has 1 atom stereocenters. The molecule has 5 rings (SSSR count). The number of carbonyl (C=O) groups excluding carboxylic acids is 3. The first-order chi connectivity index (χ1) is 16.5. The van der Waals surface area contributed by atoms with Crippen LogP contribution in [0.25, 0.3) is 16.8 Å². The molecule has 34 heavy (non-hydrogen) atoms. The summed E-state index contributed by atoms with van der Waals surface area (Å²) in [5.74, 6) is -1.01. The third-order valence-corrected chi connectivity index (χ3v) is 5.52. The number of carbonyl (C=O) groups is 3. The van der Waals surface area contributed by atoms with Crippen molar-refractivity contribution in [1.82, 2.24) is 24.5 Å². The Hall–Kier alpha value is -4.60. The molecule has 0 saturated carbocycles. The molecule has 1 N–H and O–H groups in total. The van der Waals surface area contributed by atoms with E-state index in [0.29, 0.717) is 18.1 Å². The highest BCUT2D eigenvalue weighted by Crippen LogP contribution is 2.28. The minimum absolute atomic E-state index is 0.0572. The van der Waals surface area contributed by atoms with Crippen LogP contribution in [0.4, 0.5) is 5.95 Å². The Balaban J connectivity index is 1.37. The lowest BCUT2D eigenvalue weighted by molar-refractivity contribution is -0.119. The summed E-state index contributed by atoms with van der Waals surface area (Å²) in [4.78, 5) is 47.7. The van der Waals surface area contributed by atoms with E-state index in [1.165, 1.54) is 11.4 Å². The summed E-state index contributed by atoms with van der Waals surface area (Å²) in [5, 5.41) is 6.93. The molecule has 0 fully saturated rings. The van der Waals surface area contributed by atoms with Gasteiger partial charge in [0.05, 0.1) is 17.7 Å². The molecule has 0 bridgehead atoms. The van der Waals surface area contributed by atoms with E-state index < -0.39 is 23.8 Å². The van der Waals surface area contributed by atoms with Crippen molar-refractivity contribution in [2.45, 2.75) is 19.9 Å². The molecule has 0 aliphatic carbocycles. The first kappa shape index (κ1) is 21.3. The Kier molecular flexibility index (Phi) is 5.25. The van der Waals surface area contributed by atoms with Gasteiger partial charge in [-0.1, -0.05) is 12.1 Å². The van der Waals surface area contributed by atoms with Crippen LogP contribution in [0, 0.1) is 0 Å². The van der Waals surface area contributed by atoms with Crippen LogP contribution in [0.2, 0.25) is 0 Å². The predicted octanol–water partition coefficient (Wildman–Crippen LogP) is 2.81. The van der Waals surface area contributed by atoms with E-state index in [0.717, 1.165) is 16.0 Å². The molecular weight excluding hydrogens is 436 g/mol. The first-order valence-electron chi connectivity index (χ1n) is 10.7. The minimum Gasteiger partial charge on any atom is -0.478 e. The largest absolute Gasteiger partial charge is 0.478 e. The van der Waals surface area contributed by atoms with Crippen molar-refractivity contribution < 1.29 is 19.1 Å². The molecule has 3 amide bonds. The van der Waals surface area contributed by atoms with E-state index in [9.17, 15) is 14.4 Å². The van der Waals surface area contributed by atoms with Crippen molar-refractivity contribution in [3.8, 4) is 17.0 Å². The second kappa shape index (κ2) is 8.39. The molecule has 10 heteroatoms. The second-order valence-corrected chi connectivity index (χ2v) is 7.64. The van der Waals surface area contributed by atoms with Gasteiger partial charge in [0.2, 0.25) is 17.7 Å². The SMILES string of the molecule is CCOc1ncccc1-c1ccc2nc(NC(=O)[C@@H](C)N3C(=O)c4ccccc4C3=O)nn2c1. The third-order valence-electron chi connectivity index (χ3n) is 5.52. The molecule has 3 aromatic heterocycles. The van der Waals surface area contributed by atoms with Crippen LogP contribution < -0.4 is 10.1 Å². The topological polar surface area (TPSA) is 119 Å². The molecule has 4 aromatic rings. The highest BCUT2D eigenvalue weighted by atomic mass is 16.5. The Morgan fingerprint density at radius 2 is 1.74 bits per heavy atom. The summed E-state index contributed by atoms with van der Waals surface area (Å²) in [6.07, 6.45) is 3.41. The molecule has 4 heterocycles. The number of imide groups is 1. The van der Waals surface area contributed by atoms with Gasteiger partial charge < -0.3 is 4.74 Å². The fraction of sp³-hybridized carbons (Fsp3) is 0.167. The quantitative estimate of drug-likeness (QED) is 0.443. The molecule has 1 aromatic carbocycles. The number of nitrogens with zero attached hydrogens (tertiary/aromatic N) is 5. The minimum atomic E-state index is -1.04. The van der Waals surface area contributed by atoms with Crippen molar-refractivity contribution in [3.05, 3.63) is 72.1 Å². The van der Waals surface area contributed by atoms with Crippen molar-refractivity contribution in [2.24, 2.45) is 0 Å². The van der Waals surface area contributed by atoms with Crippen molar-refractivity contribution in [2.75, 3.05) is 11.9 Å². The smallest absolute Gasteiger partial charge is 0.262 e. The average Bonchev–Trinajstić information content (AvgIpc) is 3.36. The van der Waals surface area contributed by atoms with Gasteiger partial charge >= 0.3 is 0 Å². The Bertz CT molecular complexity index is 1410. The number of ether oxygens (including phenoxy) is 1. The van der Waals surface area contributed by atoms with Gasteiger partial charge in [-0.15, -0.1) is 5.10 Å². The Morgan fingerprint density at radius 1 is 1.03 bits per heavy atom. The molecule has 0 saturated heterocycles. The van der Waals surface area contributed by atoms with Crippen LogP contribution in [-0.4, -0.2) is 54.9 Å². The number of rotatable bonds is 6. The molecule has 170 valence electrons. The van der Waals surface area contributed by atoms with Crippen molar-refractivity contribution in [1.29, 1.82) is 0 Å². The van der Waals surface area contributed by atoms with Gasteiger partial charge in [0.25, 0.3) is 11.8 Å².